The summed E-state index contributed by atoms with van der Waals surface area (Å²) in [5.41, 5.74) is 0.306. The van der Waals surface area contributed by atoms with Crippen molar-refractivity contribution in [2.24, 2.45) is 0 Å². The van der Waals surface area contributed by atoms with E-state index < -0.39 is 0 Å². The van der Waals surface area contributed by atoms with Gasteiger partial charge in [-0.15, -0.1) is 0 Å². The molecule has 0 spiro atoms. The Kier molecular flexibility index (Phi) is 2.66. The van der Waals surface area contributed by atoms with Crippen LogP contribution in [0.3, 0.4) is 0 Å². The number of hydrogen-bond acceptors (Lipinski definition) is 2. The lowest BCUT2D eigenvalue weighted by Crippen LogP contribution is -2.37. The minimum Gasteiger partial charge on any atom is -0.303 e. The third-order valence-corrected chi connectivity index (χ3v) is 2.93. The molecule has 0 radical (unpaired) electrons. The highest BCUT2D eigenvalue weighted by Crippen LogP contribution is 2.30. The molecule has 0 N–H and O–H groups in total. The maximum Gasteiger partial charge on any atom is 0.120 e. The number of nitrogens with zero attached hydrogens (tertiary/aromatic N) is 1. The van der Waals surface area contributed by atoms with E-state index in [2.05, 4.69) is 18.9 Å². The molecule has 1 fully saturated rings. The summed E-state index contributed by atoms with van der Waals surface area (Å²) in [7, 11) is 2.15. The average Bonchev–Trinajstić information content (AvgIpc) is 2.30. The number of aldehydes is 1. The molecule has 0 unspecified atom stereocenters. The minimum absolute atomic E-state index is 0.306. The highest BCUT2D eigenvalue weighted by atomic mass is 16.1. The second-order valence-electron chi connectivity index (χ2n) is 3.73. The van der Waals surface area contributed by atoms with Crippen LogP contribution in [0.4, 0.5) is 0 Å². The normalized spacial score (nSPS) is 32.5. The third kappa shape index (κ3) is 1.80. The molecule has 1 heterocycles. The molecule has 2 heteroatoms. The van der Waals surface area contributed by atoms with Gasteiger partial charge in [-0.05, 0) is 39.8 Å². The molecule has 0 bridgehead atoms. The molecule has 1 rings (SSSR count). The van der Waals surface area contributed by atoms with Crippen LogP contribution in [0.25, 0.3) is 0 Å². The first kappa shape index (κ1) is 8.72. The second-order valence-corrected chi connectivity index (χ2v) is 3.73. The van der Waals surface area contributed by atoms with Crippen LogP contribution in [-0.4, -0.2) is 30.3 Å². The Morgan fingerprint density at radius 2 is 2.36 bits per heavy atom. The number of rotatable bonds is 3. The lowest BCUT2D eigenvalue weighted by atomic mass is 9.93. The Labute approximate surface area is 68.6 Å². The van der Waals surface area contributed by atoms with Crippen LogP contribution in [0.1, 0.15) is 32.6 Å². The number of carbonyl (C=O) groups is 1. The number of likely N-dealkylation sites (tertiary alicyclic amines) is 1. The van der Waals surface area contributed by atoms with Gasteiger partial charge in [0, 0.05) is 12.0 Å². The van der Waals surface area contributed by atoms with Crippen molar-refractivity contribution in [1.82, 2.24) is 4.90 Å². The Bertz CT molecular complexity index is 146. The van der Waals surface area contributed by atoms with Gasteiger partial charge in [0.25, 0.3) is 0 Å². The molecule has 0 aromatic carbocycles. The summed E-state index contributed by atoms with van der Waals surface area (Å²) in [6.07, 6.45) is 5.29. The molecular weight excluding hydrogens is 138 g/mol. The van der Waals surface area contributed by atoms with Gasteiger partial charge in [-0.25, -0.2) is 0 Å². The van der Waals surface area contributed by atoms with Gasteiger partial charge >= 0.3 is 0 Å². The highest BCUT2D eigenvalue weighted by Gasteiger charge is 2.32. The first-order chi connectivity index (χ1) is 5.19. The Morgan fingerprint density at radius 1 is 1.64 bits per heavy atom. The summed E-state index contributed by atoms with van der Waals surface area (Å²) in [6.45, 7) is 3.44. The summed E-state index contributed by atoms with van der Waals surface area (Å²) in [5.74, 6) is 0. The van der Waals surface area contributed by atoms with E-state index in [1.165, 1.54) is 19.4 Å². The molecule has 64 valence electrons. The Hall–Kier alpha value is -0.370. The molecule has 1 aliphatic rings. The van der Waals surface area contributed by atoms with Crippen molar-refractivity contribution in [3.63, 3.8) is 0 Å². The topological polar surface area (TPSA) is 20.3 Å². The zero-order valence-electron chi connectivity index (χ0n) is 7.47. The minimum atomic E-state index is 0.306. The molecule has 0 aromatic heterocycles. The monoisotopic (exact) mass is 155 g/mol. The quantitative estimate of drug-likeness (QED) is 0.575. The van der Waals surface area contributed by atoms with Gasteiger partial charge in [-0.2, -0.15) is 0 Å². The standard InChI is InChI=1S/C9H17NO/c1-9(6-4-8-11)5-3-7-10(9)2/h8H,3-7H2,1-2H3/t9-/m0/s1. The summed E-state index contributed by atoms with van der Waals surface area (Å²) in [5, 5.41) is 0. The lowest BCUT2D eigenvalue weighted by Gasteiger charge is -2.31. The van der Waals surface area contributed by atoms with Crippen molar-refractivity contribution >= 4 is 6.29 Å². The predicted octanol–water partition coefficient (Wildman–Crippen LogP) is 1.45. The summed E-state index contributed by atoms with van der Waals surface area (Å²) in [4.78, 5) is 12.6. The van der Waals surface area contributed by atoms with E-state index in [0.717, 1.165) is 12.7 Å². The van der Waals surface area contributed by atoms with Crippen LogP contribution >= 0.6 is 0 Å². The molecule has 1 aliphatic heterocycles. The maximum absolute atomic E-state index is 10.2. The zero-order chi connectivity index (χ0) is 8.32. The highest BCUT2D eigenvalue weighted by molar-refractivity contribution is 5.49. The van der Waals surface area contributed by atoms with Crippen molar-refractivity contribution in [2.45, 2.75) is 38.1 Å². The van der Waals surface area contributed by atoms with Gasteiger partial charge in [-0.1, -0.05) is 0 Å². The molecule has 0 amide bonds. The first-order valence-electron chi connectivity index (χ1n) is 4.34. The van der Waals surface area contributed by atoms with E-state index in [0.29, 0.717) is 12.0 Å². The molecule has 1 saturated heterocycles. The van der Waals surface area contributed by atoms with Gasteiger partial charge in [-0.3, -0.25) is 0 Å². The molecule has 0 aliphatic carbocycles. The van der Waals surface area contributed by atoms with Crippen molar-refractivity contribution < 1.29 is 4.79 Å². The molecule has 11 heavy (non-hydrogen) atoms. The fraction of sp³-hybridized carbons (Fsp3) is 0.889. The molecule has 0 saturated carbocycles. The van der Waals surface area contributed by atoms with Gasteiger partial charge in [0.15, 0.2) is 0 Å². The van der Waals surface area contributed by atoms with Crippen molar-refractivity contribution in [3.8, 4) is 0 Å². The van der Waals surface area contributed by atoms with Gasteiger partial charge < -0.3 is 9.69 Å². The molecule has 0 aromatic rings. The predicted molar refractivity (Wildman–Crippen MR) is 45.6 cm³/mol. The second kappa shape index (κ2) is 3.35. The Morgan fingerprint density at radius 3 is 2.82 bits per heavy atom. The van der Waals surface area contributed by atoms with Crippen LogP contribution in [0, 0.1) is 0 Å². The fourth-order valence-corrected chi connectivity index (χ4v) is 1.84. The van der Waals surface area contributed by atoms with E-state index in [9.17, 15) is 4.79 Å². The maximum atomic E-state index is 10.2. The first-order valence-corrected chi connectivity index (χ1v) is 4.34. The molecule has 1 atom stereocenters. The van der Waals surface area contributed by atoms with E-state index in [1.807, 2.05) is 0 Å². The summed E-state index contributed by atoms with van der Waals surface area (Å²) < 4.78 is 0. The van der Waals surface area contributed by atoms with Gasteiger partial charge in [0.1, 0.15) is 6.29 Å². The van der Waals surface area contributed by atoms with Crippen LogP contribution in [0.5, 0.6) is 0 Å². The zero-order valence-corrected chi connectivity index (χ0v) is 7.47. The molecular formula is C9H17NO. The lowest BCUT2D eigenvalue weighted by molar-refractivity contribution is -0.108. The SMILES string of the molecule is CN1CCC[C@@]1(C)CCC=O. The van der Waals surface area contributed by atoms with Crippen LogP contribution < -0.4 is 0 Å². The van der Waals surface area contributed by atoms with E-state index >= 15 is 0 Å². The molecule has 2 nitrogen and oxygen atoms in total. The Balaban J connectivity index is 2.43. The fourth-order valence-electron chi connectivity index (χ4n) is 1.84. The average molecular weight is 155 g/mol. The van der Waals surface area contributed by atoms with E-state index in [4.69, 9.17) is 0 Å². The van der Waals surface area contributed by atoms with E-state index in [-0.39, 0.29) is 0 Å². The number of carbonyl (C=O) groups excluding carboxylic acids is 1. The van der Waals surface area contributed by atoms with E-state index in [1.54, 1.807) is 0 Å². The van der Waals surface area contributed by atoms with Gasteiger partial charge in [0.2, 0.25) is 0 Å². The van der Waals surface area contributed by atoms with Crippen LogP contribution in [0.2, 0.25) is 0 Å². The third-order valence-electron chi connectivity index (χ3n) is 2.93. The van der Waals surface area contributed by atoms with Gasteiger partial charge in [0.05, 0.1) is 0 Å². The van der Waals surface area contributed by atoms with Crippen molar-refractivity contribution in [1.29, 1.82) is 0 Å². The summed E-state index contributed by atoms with van der Waals surface area (Å²) >= 11 is 0. The smallest absolute Gasteiger partial charge is 0.120 e. The van der Waals surface area contributed by atoms with Crippen LogP contribution in [-0.2, 0) is 4.79 Å². The largest absolute Gasteiger partial charge is 0.303 e. The summed E-state index contributed by atoms with van der Waals surface area (Å²) in [6, 6.07) is 0. The van der Waals surface area contributed by atoms with Crippen molar-refractivity contribution in [2.75, 3.05) is 13.6 Å². The van der Waals surface area contributed by atoms with Crippen molar-refractivity contribution in [3.05, 3.63) is 0 Å². The van der Waals surface area contributed by atoms with Crippen LogP contribution in [0.15, 0.2) is 0 Å². The number of hydrogen-bond donors (Lipinski definition) is 0.